The van der Waals surface area contributed by atoms with Gasteiger partial charge < -0.3 is 10.8 Å². The minimum absolute atomic E-state index is 0.227. The first-order valence-corrected chi connectivity index (χ1v) is 7.03. The highest BCUT2D eigenvalue weighted by Gasteiger charge is 2.47. The van der Waals surface area contributed by atoms with Gasteiger partial charge in [-0.3, -0.25) is 4.79 Å². The zero-order valence-electron chi connectivity index (χ0n) is 10.8. The van der Waals surface area contributed by atoms with Gasteiger partial charge in [-0.25, -0.2) is 0 Å². The monoisotopic (exact) mass is 239 g/mol. The molecule has 2 aliphatic carbocycles. The second kappa shape index (κ2) is 4.97. The summed E-state index contributed by atoms with van der Waals surface area (Å²) in [5.41, 5.74) is 5.47. The lowest BCUT2D eigenvalue weighted by molar-refractivity contribution is -0.157. The number of carboxylic acid groups (broad SMARTS) is 1. The number of hydrogen-bond acceptors (Lipinski definition) is 2. The van der Waals surface area contributed by atoms with Gasteiger partial charge in [0.1, 0.15) is 0 Å². The molecular formula is C14H25NO2. The van der Waals surface area contributed by atoms with Crippen molar-refractivity contribution in [2.75, 3.05) is 0 Å². The van der Waals surface area contributed by atoms with Crippen molar-refractivity contribution in [1.82, 2.24) is 0 Å². The van der Waals surface area contributed by atoms with E-state index in [1.165, 1.54) is 12.8 Å². The summed E-state index contributed by atoms with van der Waals surface area (Å²) < 4.78 is 0. The highest BCUT2D eigenvalue weighted by molar-refractivity contribution is 5.75. The van der Waals surface area contributed by atoms with E-state index in [-0.39, 0.29) is 6.04 Å². The molecule has 3 N–H and O–H groups in total. The third-order valence-corrected chi connectivity index (χ3v) is 5.15. The van der Waals surface area contributed by atoms with Crippen molar-refractivity contribution in [3.05, 3.63) is 0 Å². The lowest BCUT2D eigenvalue weighted by Gasteiger charge is -2.44. The Morgan fingerprint density at radius 1 is 1.12 bits per heavy atom. The Morgan fingerprint density at radius 2 is 1.65 bits per heavy atom. The molecule has 3 heteroatoms. The fourth-order valence-electron chi connectivity index (χ4n) is 3.76. The molecule has 0 spiro atoms. The molecule has 0 saturated heterocycles. The van der Waals surface area contributed by atoms with Crippen molar-refractivity contribution in [3.8, 4) is 0 Å². The molecule has 0 aromatic carbocycles. The normalized spacial score (nSPS) is 43.3. The summed E-state index contributed by atoms with van der Waals surface area (Å²) in [5, 5.41) is 9.65. The zero-order chi connectivity index (χ0) is 12.5. The second-order valence-electron chi connectivity index (χ2n) is 6.26. The maximum absolute atomic E-state index is 11.7. The Hall–Kier alpha value is -0.570. The number of hydrogen-bond donors (Lipinski definition) is 2. The van der Waals surface area contributed by atoms with E-state index in [9.17, 15) is 9.90 Å². The first kappa shape index (κ1) is 12.9. The van der Waals surface area contributed by atoms with Gasteiger partial charge in [0.05, 0.1) is 5.41 Å². The van der Waals surface area contributed by atoms with Gasteiger partial charge >= 0.3 is 5.97 Å². The van der Waals surface area contributed by atoms with E-state index < -0.39 is 11.4 Å². The predicted molar refractivity (Wildman–Crippen MR) is 67.6 cm³/mol. The molecule has 0 amide bonds. The van der Waals surface area contributed by atoms with Crippen molar-refractivity contribution >= 4 is 5.97 Å². The Balaban J connectivity index is 2.09. The van der Waals surface area contributed by atoms with Crippen LogP contribution in [0.15, 0.2) is 0 Å². The summed E-state index contributed by atoms with van der Waals surface area (Å²) >= 11 is 0. The standard InChI is InChI=1S/C14H25NO2/c1-10-2-4-11(5-3-10)14(13(16)17)8-6-12(15)7-9-14/h10-12H,2-9,15H2,1H3,(H,16,17). The van der Waals surface area contributed by atoms with E-state index in [1.807, 2.05) is 0 Å². The first-order chi connectivity index (χ1) is 8.04. The molecular weight excluding hydrogens is 214 g/mol. The summed E-state index contributed by atoms with van der Waals surface area (Å²) in [6.07, 6.45) is 7.96. The van der Waals surface area contributed by atoms with Gasteiger partial charge in [-0.1, -0.05) is 19.8 Å². The third-order valence-electron chi connectivity index (χ3n) is 5.15. The van der Waals surface area contributed by atoms with E-state index in [0.29, 0.717) is 5.92 Å². The van der Waals surface area contributed by atoms with E-state index in [2.05, 4.69) is 6.92 Å². The van der Waals surface area contributed by atoms with E-state index >= 15 is 0 Å². The molecule has 0 atom stereocenters. The van der Waals surface area contributed by atoms with Gasteiger partial charge in [-0.2, -0.15) is 0 Å². The SMILES string of the molecule is CC1CCC(C2(C(=O)O)CCC(N)CC2)CC1. The Labute approximate surface area is 104 Å². The second-order valence-corrected chi connectivity index (χ2v) is 6.26. The van der Waals surface area contributed by atoms with Crippen LogP contribution in [0, 0.1) is 17.3 Å². The first-order valence-electron chi connectivity index (χ1n) is 7.03. The van der Waals surface area contributed by atoms with Crippen LogP contribution >= 0.6 is 0 Å². The van der Waals surface area contributed by atoms with Gasteiger partial charge in [-0.05, 0) is 50.4 Å². The largest absolute Gasteiger partial charge is 0.481 e. The summed E-state index contributed by atoms with van der Waals surface area (Å²) in [5.74, 6) is 0.607. The summed E-state index contributed by atoms with van der Waals surface area (Å²) in [6.45, 7) is 2.28. The maximum atomic E-state index is 11.7. The highest BCUT2D eigenvalue weighted by Crippen LogP contribution is 2.49. The Kier molecular flexibility index (Phi) is 3.76. The Morgan fingerprint density at radius 3 is 2.12 bits per heavy atom. The fourth-order valence-corrected chi connectivity index (χ4v) is 3.76. The van der Waals surface area contributed by atoms with Crippen LogP contribution in [0.5, 0.6) is 0 Å². The van der Waals surface area contributed by atoms with Crippen LogP contribution < -0.4 is 5.73 Å². The zero-order valence-corrected chi connectivity index (χ0v) is 10.8. The molecule has 2 saturated carbocycles. The molecule has 0 aromatic rings. The molecule has 17 heavy (non-hydrogen) atoms. The van der Waals surface area contributed by atoms with Gasteiger partial charge in [0.25, 0.3) is 0 Å². The predicted octanol–water partition coefficient (Wildman–Crippen LogP) is 2.79. The maximum Gasteiger partial charge on any atom is 0.309 e. The molecule has 0 heterocycles. The van der Waals surface area contributed by atoms with Gasteiger partial charge in [0, 0.05) is 6.04 Å². The van der Waals surface area contributed by atoms with Gasteiger partial charge in [0.15, 0.2) is 0 Å². The van der Waals surface area contributed by atoms with Crippen LogP contribution in [0.25, 0.3) is 0 Å². The summed E-state index contributed by atoms with van der Waals surface area (Å²) in [7, 11) is 0. The molecule has 0 aromatic heterocycles. The van der Waals surface area contributed by atoms with Crippen molar-refractivity contribution in [2.45, 2.75) is 64.3 Å². The molecule has 2 aliphatic rings. The average molecular weight is 239 g/mol. The van der Waals surface area contributed by atoms with Crippen molar-refractivity contribution in [2.24, 2.45) is 23.0 Å². The van der Waals surface area contributed by atoms with Crippen LogP contribution in [-0.2, 0) is 4.79 Å². The number of rotatable bonds is 2. The molecule has 0 unspecified atom stereocenters. The van der Waals surface area contributed by atoms with E-state index in [1.54, 1.807) is 0 Å². The number of carboxylic acids is 1. The lowest BCUT2D eigenvalue weighted by Crippen LogP contribution is -2.45. The van der Waals surface area contributed by atoms with E-state index in [4.69, 9.17) is 5.73 Å². The minimum atomic E-state index is -0.566. The smallest absolute Gasteiger partial charge is 0.309 e. The highest BCUT2D eigenvalue weighted by atomic mass is 16.4. The van der Waals surface area contributed by atoms with Gasteiger partial charge in [0.2, 0.25) is 0 Å². The van der Waals surface area contributed by atoms with Crippen molar-refractivity contribution in [3.63, 3.8) is 0 Å². The molecule has 3 nitrogen and oxygen atoms in total. The van der Waals surface area contributed by atoms with Crippen LogP contribution in [0.4, 0.5) is 0 Å². The molecule has 2 fully saturated rings. The lowest BCUT2D eigenvalue weighted by atomic mass is 9.60. The van der Waals surface area contributed by atoms with Crippen LogP contribution in [-0.4, -0.2) is 17.1 Å². The molecule has 98 valence electrons. The molecule has 0 aliphatic heterocycles. The van der Waals surface area contributed by atoms with Gasteiger partial charge in [-0.15, -0.1) is 0 Å². The Bertz CT molecular complexity index is 274. The minimum Gasteiger partial charge on any atom is -0.481 e. The van der Waals surface area contributed by atoms with Crippen LogP contribution in [0.2, 0.25) is 0 Å². The average Bonchev–Trinajstić information content (AvgIpc) is 2.31. The topological polar surface area (TPSA) is 63.3 Å². The van der Waals surface area contributed by atoms with E-state index in [0.717, 1.165) is 44.4 Å². The van der Waals surface area contributed by atoms with Crippen LogP contribution in [0.3, 0.4) is 0 Å². The van der Waals surface area contributed by atoms with Crippen molar-refractivity contribution in [1.29, 1.82) is 0 Å². The number of nitrogens with two attached hydrogens (primary N) is 1. The number of carbonyl (C=O) groups is 1. The quantitative estimate of drug-likeness (QED) is 0.779. The molecule has 0 bridgehead atoms. The van der Waals surface area contributed by atoms with Crippen molar-refractivity contribution < 1.29 is 9.90 Å². The fraction of sp³-hybridized carbons (Fsp3) is 0.929. The summed E-state index contributed by atoms with van der Waals surface area (Å²) in [6, 6.07) is 0.227. The number of aliphatic carboxylic acids is 1. The molecule has 2 rings (SSSR count). The van der Waals surface area contributed by atoms with Crippen LogP contribution in [0.1, 0.15) is 58.3 Å². The third kappa shape index (κ3) is 2.49. The molecule has 0 radical (unpaired) electrons. The summed E-state index contributed by atoms with van der Waals surface area (Å²) in [4.78, 5) is 11.7.